The number of carbonyl (C=O) groups excluding carboxylic acids is 3. The molecule has 170 valence electrons. The topological polar surface area (TPSA) is 91.0 Å². The molecule has 0 bridgehead atoms. The van der Waals surface area contributed by atoms with E-state index < -0.39 is 35.8 Å². The van der Waals surface area contributed by atoms with Crippen LogP contribution in [0.25, 0.3) is 0 Å². The number of halogens is 3. The van der Waals surface area contributed by atoms with Crippen molar-refractivity contribution in [3.05, 3.63) is 53.8 Å². The van der Waals surface area contributed by atoms with Crippen LogP contribution in [0.5, 0.6) is 0 Å². The van der Waals surface area contributed by atoms with Crippen LogP contribution in [-0.2, 0) is 20.5 Å². The normalized spacial score (nSPS) is 23.0. The Morgan fingerprint density at radius 3 is 2.56 bits per heavy atom. The van der Waals surface area contributed by atoms with Crippen LogP contribution in [0, 0.1) is 0 Å². The number of alkyl halides is 3. The Morgan fingerprint density at radius 2 is 1.84 bits per heavy atom. The van der Waals surface area contributed by atoms with Crippen molar-refractivity contribution < 1.29 is 32.3 Å². The fourth-order valence-electron chi connectivity index (χ4n) is 3.84. The van der Waals surface area contributed by atoms with Gasteiger partial charge in [-0.2, -0.15) is 13.2 Å². The molecule has 4 rings (SSSR count). The molecule has 0 spiro atoms. The molecule has 1 aromatic rings. The van der Waals surface area contributed by atoms with Crippen LogP contribution in [0.3, 0.4) is 0 Å². The van der Waals surface area contributed by atoms with Gasteiger partial charge in [0.05, 0.1) is 11.6 Å². The first kappa shape index (κ1) is 21.7. The van der Waals surface area contributed by atoms with Crippen molar-refractivity contribution in [3.8, 4) is 0 Å². The zero-order chi connectivity index (χ0) is 22.9. The molecule has 0 saturated carbocycles. The molecule has 3 amide bonds. The minimum absolute atomic E-state index is 0.258. The van der Waals surface area contributed by atoms with Gasteiger partial charge in [0.15, 0.2) is 0 Å². The maximum atomic E-state index is 12.8. The van der Waals surface area contributed by atoms with E-state index in [0.29, 0.717) is 37.4 Å². The summed E-state index contributed by atoms with van der Waals surface area (Å²) in [6.45, 7) is 1.54. The van der Waals surface area contributed by atoms with Gasteiger partial charge in [-0.25, -0.2) is 4.79 Å². The molecule has 2 unspecified atom stereocenters. The van der Waals surface area contributed by atoms with Crippen molar-refractivity contribution in [3.63, 3.8) is 0 Å². The summed E-state index contributed by atoms with van der Waals surface area (Å²) in [5.74, 6) is -1.50. The Bertz CT molecular complexity index is 974. The summed E-state index contributed by atoms with van der Waals surface area (Å²) in [6.07, 6.45) is -0.107. The van der Waals surface area contributed by atoms with Gasteiger partial charge in [-0.3, -0.25) is 9.59 Å². The Balaban J connectivity index is 1.33. The first-order chi connectivity index (χ1) is 15.2. The lowest BCUT2D eigenvalue weighted by molar-refractivity contribution is -0.145. The molecule has 0 radical (unpaired) electrons. The van der Waals surface area contributed by atoms with Gasteiger partial charge in [0.25, 0.3) is 0 Å². The van der Waals surface area contributed by atoms with Gasteiger partial charge in [0, 0.05) is 37.6 Å². The molecule has 1 aliphatic carbocycles. The molecule has 2 atom stereocenters. The Labute approximate surface area is 181 Å². The first-order valence-electron chi connectivity index (χ1n) is 10.1. The smallest absolute Gasteiger partial charge is 0.416 e. The molecule has 2 fully saturated rings. The molecule has 2 aliphatic heterocycles. The number of amides is 3. The summed E-state index contributed by atoms with van der Waals surface area (Å²) in [4.78, 5) is 39.7. The van der Waals surface area contributed by atoms with E-state index in [-0.39, 0.29) is 12.6 Å². The first-order valence-corrected chi connectivity index (χ1v) is 10.1. The van der Waals surface area contributed by atoms with E-state index in [1.54, 1.807) is 18.2 Å². The number of hydrogen-bond acceptors (Lipinski definition) is 5. The van der Waals surface area contributed by atoms with E-state index in [4.69, 9.17) is 4.74 Å². The van der Waals surface area contributed by atoms with E-state index in [9.17, 15) is 27.6 Å². The van der Waals surface area contributed by atoms with Gasteiger partial charge in [0.1, 0.15) is 6.10 Å². The van der Waals surface area contributed by atoms with Gasteiger partial charge in [-0.1, -0.05) is 6.08 Å². The highest BCUT2D eigenvalue weighted by atomic mass is 19.4. The minimum atomic E-state index is -4.40. The van der Waals surface area contributed by atoms with Crippen molar-refractivity contribution in [1.82, 2.24) is 15.5 Å². The summed E-state index contributed by atoms with van der Waals surface area (Å²) in [5, 5.41) is 5.13. The number of rotatable bonds is 2. The predicted molar refractivity (Wildman–Crippen MR) is 107 cm³/mol. The maximum absolute atomic E-state index is 12.8. The lowest BCUT2D eigenvalue weighted by atomic mass is 10.0. The zero-order valence-electron chi connectivity index (χ0n) is 16.9. The summed E-state index contributed by atoms with van der Waals surface area (Å²) in [5.41, 5.74) is 0.274. The van der Waals surface area contributed by atoms with Crippen molar-refractivity contribution in [2.24, 2.45) is 0 Å². The van der Waals surface area contributed by atoms with Crippen molar-refractivity contribution >= 4 is 23.6 Å². The predicted octanol–water partition coefficient (Wildman–Crippen LogP) is 1.79. The third-order valence-electron chi connectivity index (χ3n) is 5.50. The van der Waals surface area contributed by atoms with Crippen molar-refractivity contribution in [2.75, 3.05) is 31.1 Å². The highest BCUT2D eigenvalue weighted by Crippen LogP contribution is 2.30. The van der Waals surface area contributed by atoms with Crippen molar-refractivity contribution in [1.29, 1.82) is 0 Å². The molecular formula is C21H21F3N4O4. The second-order valence-corrected chi connectivity index (χ2v) is 7.65. The highest BCUT2D eigenvalue weighted by Gasteiger charge is 2.34. The SMILES string of the molecule is O=C1NC2C=CC(NC(=O)C(=O)N3CCCN(c4ccc(C(F)(F)F)cc4)CC3)=CC2O1. The number of nitrogens with one attached hydrogen (secondary N) is 2. The second-order valence-electron chi connectivity index (χ2n) is 7.65. The Morgan fingerprint density at radius 1 is 1.09 bits per heavy atom. The van der Waals surface area contributed by atoms with Crippen LogP contribution >= 0.6 is 0 Å². The van der Waals surface area contributed by atoms with Gasteiger partial charge < -0.3 is 25.2 Å². The maximum Gasteiger partial charge on any atom is 0.416 e. The van der Waals surface area contributed by atoms with Gasteiger partial charge in [-0.05, 0) is 42.8 Å². The molecule has 2 saturated heterocycles. The quantitative estimate of drug-likeness (QED) is 0.671. The molecule has 3 aliphatic rings. The van der Waals surface area contributed by atoms with Crippen molar-refractivity contribution in [2.45, 2.75) is 24.7 Å². The molecule has 32 heavy (non-hydrogen) atoms. The highest BCUT2D eigenvalue weighted by molar-refractivity contribution is 6.35. The summed E-state index contributed by atoms with van der Waals surface area (Å²) in [7, 11) is 0. The van der Waals surface area contributed by atoms with E-state index >= 15 is 0 Å². The number of anilines is 1. The lowest BCUT2D eigenvalue weighted by Gasteiger charge is -2.24. The monoisotopic (exact) mass is 450 g/mol. The van der Waals surface area contributed by atoms with Crippen LogP contribution in [0.15, 0.2) is 48.2 Å². The number of allylic oxidation sites excluding steroid dienone is 1. The minimum Gasteiger partial charge on any atom is -0.439 e. The number of carbonyl (C=O) groups is 3. The Hall–Kier alpha value is -3.50. The standard InChI is InChI=1S/C21H21F3N4O4/c22-21(23,24)13-2-5-15(6-3-13)27-8-1-9-28(11-10-27)19(30)18(29)25-14-4-7-16-17(12-14)32-20(31)26-16/h2-7,12,16-17H,1,8-11H2,(H,25,29)(H,26,31). The largest absolute Gasteiger partial charge is 0.439 e. The molecule has 8 nitrogen and oxygen atoms in total. The molecular weight excluding hydrogens is 429 g/mol. The summed E-state index contributed by atoms with van der Waals surface area (Å²) in [6, 6.07) is 4.58. The molecule has 2 N–H and O–H groups in total. The van der Waals surface area contributed by atoms with Gasteiger partial charge in [-0.15, -0.1) is 0 Å². The summed E-state index contributed by atoms with van der Waals surface area (Å²) >= 11 is 0. The number of benzene rings is 1. The van der Waals surface area contributed by atoms with Crippen LogP contribution in [0.4, 0.5) is 23.7 Å². The number of alkyl carbamates (subject to hydrolysis) is 1. The third kappa shape index (κ3) is 4.71. The van der Waals surface area contributed by atoms with Gasteiger partial charge >= 0.3 is 24.1 Å². The average molecular weight is 450 g/mol. The fraction of sp³-hybridized carbons (Fsp3) is 0.381. The Kier molecular flexibility index (Phi) is 5.81. The van der Waals surface area contributed by atoms with E-state index in [1.807, 2.05) is 4.90 Å². The molecule has 1 aromatic carbocycles. The van der Waals surface area contributed by atoms with E-state index in [1.165, 1.54) is 17.0 Å². The second kappa shape index (κ2) is 8.56. The number of fused-ring (bicyclic) bond motifs is 1. The van der Waals surface area contributed by atoms with Gasteiger partial charge in [0.2, 0.25) is 0 Å². The zero-order valence-corrected chi connectivity index (χ0v) is 16.9. The fourth-order valence-corrected chi connectivity index (χ4v) is 3.84. The molecule has 2 heterocycles. The lowest BCUT2D eigenvalue weighted by Crippen LogP contribution is -2.44. The van der Waals surface area contributed by atoms with E-state index in [0.717, 1.165) is 12.1 Å². The number of nitrogens with zero attached hydrogens (tertiary/aromatic N) is 2. The van der Waals surface area contributed by atoms with Crippen LogP contribution in [0.1, 0.15) is 12.0 Å². The average Bonchev–Trinajstić information content (AvgIpc) is 2.95. The number of ether oxygens (including phenoxy) is 1. The van der Waals surface area contributed by atoms with E-state index in [2.05, 4.69) is 10.6 Å². The third-order valence-corrected chi connectivity index (χ3v) is 5.50. The van der Waals surface area contributed by atoms with Crippen LogP contribution in [0.2, 0.25) is 0 Å². The summed E-state index contributed by atoms with van der Waals surface area (Å²) < 4.78 is 43.3. The molecule has 0 aromatic heterocycles. The number of hydrogen-bond donors (Lipinski definition) is 2. The van der Waals surface area contributed by atoms with Crippen LogP contribution < -0.4 is 15.5 Å². The van der Waals surface area contributed by atoms with Crippen LogP contribution in [-0.4, -0.2) is 61.1 Å². The molecule has 11 heteroatoms.